The summed E-state index contributed by atoms with van der Waals surface area (Å²) >= 11 is 0. The van der Waals surface area contributed by atoms with Crippen molar-refractivity contribution in [3.05, 3.63) is 23.8 Å². The SMILES string of the molecule is CCOC(=O)C1CNCC1c1ccc2c(c1)OCCO2. The van der Waals surface area contributed by atoms with Crippen molar-refractivity contribution in [3.8, 4) is 11.5 Å². The number of esters is 1. The van der Waals surface area contributed by atoms with Crippen LogP contribution in [0.2, 0.25) is 0 Å². The number of carbonyl (C=O) groups excluding carboxylic acids is 1. The maximum absolute atomic E-state index is 12.0. The van der Waals surface area contributed by atoms with Gasteiger partial charge in [0.1, 0.15) is 13.2 Å². The van der Waals surface area contributed by atoms with Crippen LogP contribution in [-0.2, 0) is 9.53 Å². The van der Waals surface area contributed by atoms with E-state index in [1.165, 1.54) is 0 Å². The highest BCUT2D eigenvalue weighted by Crippen LogP contribution is 2.36. The summed E-state index contributed by atoms with van der Waals surface area (Å²) in [6, 6.07) is 5.92. The van der Waals surface area contributed by atoms with Crippen LogP contribution in [0, 0.1) is 5.92 Å². The van der Waals surface area contributed by atoms with Crippen LogP contribution >= 0.6 is 0 Å². The highest BCUT2D eigenvalue weighted by atomic mass is 16.6. The molecule has 2 aliphatic heterocycles. The van der Waals surface area contributed by atoms with Crippen molar-refractivity contribution in [1.82, 2.24) is 5.32 Å². The molecule has 1 aromatic carbocycles. The summed E-state index contributed by atoms with van der Waals surface area (Å²) in [5.41, 5.74) is 1.09. The Balaban J connectivity index is 1.82. The third-order valence-corrected chi connectivity index (χ3v) is 3.80. The summed E-state index contributed by atoms with van der Waals surface area (Å²) in [7, 11) is 0. The molecule has 2 unspecified atom stereocenters. The van der Waals surface area contributed by atoms with E-state index in [1.54, 1.807) is 0 Å². The van der Waals surface area contributed by atoms with Gasteiger partial charge in [-0.05, 0) is 24.6 Å². The summed E-state index contributed by atoms with van der Waals surface area (Å²) in [4.78, 5) is 12.0. The van der Waals surface area contributed by atoms with E-state index in [2.05, 4.69) is 5.32 Å². The first-order chi connectivity index (χ1) is 9.79. The summed E-state index contributed by atoms with van der Waals surface area (Å²) < 4.78 is 16.3. The van der Waals surface area contributed by atoms with E-state index >= 15 is 0 Å². The molecular weight excluding hydrogens is 258 g/mol. The van der Waals surface area contributed by atoms with Gasteiger partial charge in [0.05, 0.1) is 12.5 Å². The van der Waals surface area contributed by atoms with Crippen LogP contribution in [0.1, 0.15) is 18.4 Å². The largest absolute Gasteiger partial charge is 0.486 e. The molecule has 0 aliphatic carbocycles. The molecule has 2 atom stereocenters. The van der Waals surface area contributed by atoms with Crippen molar-refractivity contribution in [3.63, 3.8) is 0 Å². The summed E-state index contributed by atoms with van der Waals surface area (Å²) in [6.45, 7) is 4.85. The van der Waals surface area contributed by atoms with Gasteiger partial charge in [0.15, 0.2) is 11.5 Å². The molecule has 0 saturated carbocycles. The first kappa shape index (κ1) is 13.2. The number of ether oxygens (including phenoxy) is 3. The molecule has 20 heavy (non-hydrogen) atoms. The predicted molar refractivity (Wildman–Crippen MR) is 73.2 cm³/mol. The van der Waals surface area contributed by atoms with Gasteiger partial charge < -0.3 is 19.5 Å². The van der Waals surface area contributed by atoms with E-state index in [-0.39, 0.29) is 17.8 Å². The van der Waals surface area contributed by atoms with Gasteiger partial charge in [-0.1, -0.05) is 6.07 Å². The fourth-order valence-corrected chi connectivity index (χ4v) is 2.82. The minimum Gasteiger partial charge on any atom is -0.486 e. The molecule has 1 fully saturated rings. The average molecular weight is 277 g/mol. The lowest BCUT2D eigenvalue weighted by Crippen LogP contribution is -2.24. The Hall–Kier alpha value is -1.75. The van der Waals surface area contributed by atoms with Crippen molar-refractivity contribution >= 4 is 5.97 Å². The molecule has 0 amide bonds. The van der Waals surface area contributed by atoms with Crippen LogP contribution in [0.15, 0.2) is 18.2 Å². The van der Waals surface area contributed by atoms with Crippen LogP contribution in [-0.4, -0.2) is 38.9 Å². The molecule has 108 valence electrons. The van der Waals surface area contributed by atoms with Crippen molar-refractivity contribution < 1.29 is 19.0 Å². The maximum Gasteiger partial charge on any atom is 0.310 e. The lowest BCUT2D eigenvalue weighted by molar-refractivity contribution is -0.147. The minimum atomic E-state index is -0.127. The predicted octanol–water partition coefficient (Wildman–Crippen LogP) is 1.32. The fourth-order valence-electron chi connectivity index (χ4n) is 2.82. The molecule has 0 spiro atoms. The Bertz CT molecular complexity index is 503. The molecular formula is C15H19NO4. The van der Waals surface area contributed by atoms with E-state index in [4.69, 9.17) is 14.2 Å². The van der Waals surface area contributed by atoms with Gasteiger partial charge in [-0.3, -0.25) is 4.79 Å². The van der Waals surface area contributed by atoms with Crippen molar-refractivity contribution in [1.29, 1.82) is 0 Å². The molecule has 1 aromatic rings. The van der Waals surface area contributed by atoms with E-state index in [9.17, 15) is 4.79 Å². The lowest BCUT2D eigenvalue weighted by atomic mass is 9.88. The van der Waals surface area contributed by atoms with Crippen LogP contribution in [0.3, 0.4) is 0 Å². The number of benzene rings is 1. The van der Waals surface area contributed by atoms with Crippen LogP contribution in [0.4, 0.5) is 0 Å². The first-order valence-electron chi connectivity index (χ1n) is 7.06. The van der Waals surface area contributed by atoms with Gasteiger partial charge in [-0.25, -0.2) is 0 Å². The summed E-state index contributed by atoms with van der Waals surface area (Å²) in [5.74, 6) is 1.42. The molecule has 1 saturated heterocycles. The number of nitrogens with one attached hydrogen (secondary N) is 1. The fraction of sp³-hybridized carbons (Fsp3) is 0.533. The molecule has 5 heteroatoms. The molecule has 2 aliphatic rings. The molecule has 5 nitrogen and oxygen atoms in total. The molecule has 2 heterocycles. The number of rotatable bonds is 3. The maximum atomic E-state index is 12.0. The minimum absolute atomic E-state index is 0.127. The van der Waals surface area contributed by atoms with E-state index in [0.717, 1.165) is 23.6 Å². The first-order valence-corrected chi connectivity index (χ1v) is 7.06. The Morgan fingerprint density at radius 1 is 1.30 bits per heavy atom. The van der Waals surface area contributed by atoms with Crippen LogP contribution in [0.25, 0.3) is 0 Å². The Labute approximate surface area is 118 Å². The second-order valence-electron chi connectivity index (χ2n) is 5.03. The Kier molecular flexibility index (Phi) is 3.78. The smallest absolute Gasteiger partial charge is 0.310 e. The van der Waals surface area contributed by atoms with Crippen LogP contribution in [0.5, 0.6) is 11.5 Å². The van der Waals surface area contributed by atoms with Gasteiger partial charge in [0, 0.05) is 19.0 Å². The average Bonchev–Trinajstić information content (AvgIpc) is 2.96. The second-order valence-corrected chi connectivity index (χ2v) is 5.03. The van der Waals surface area contributed by atoms with Crippen molar-refractivity contribution in [2.75, 3.05) is 32.9 Å². The van der Waals surface area contributed by atoms with E-state index in [1.807, 2.05) is 25.1 Å². The third kappa shape index (κ3) is 2.45. The summed E-state index contributed by atoms with van der Waals surface area (Å²) in [6.07, 6.45) is 0. The summed E-state index contributed by atoms with van der Waals surface area (Å²) in [5, 5.41) is 3.27. The van der Waals surface area contributed by atoms with Gasteiger partial charge in [-0.2, -0.15) is 0 Å². The highest BCUT2D eigenvalue weighted by Gasteiger charge is 2.35. The number of hydrogen-bond acceptors (Lipinski definition) is 5. The lowest BCUT2D eigenvalue weighted by Gasteiger charge is -2.22. The van der Waals surface area contributed by atoms with E-state index in [0.29, 0.717) is 26.4 Å². The number of fused-ring (bicyclic) bond motifs is 1. The van der Waals surface area contributed by atoms with Gasteiger partial charge in [0.2, 0.25) is 0 Å². The molecule has 0 radical (unpaired) electrons. The van der Waals surface area contributed by atoms with Gasteiger partial charge in [0.25, 0.3) is 0 Å². The Morgan fingerprint density at radius 3 is 2.90 bits per heavy atom. The highest BCUT2D eigenvalue weighted by molar-refractivity contribution is 5.74. The Morgan fingerprint density at radius 2 is 2.10 bits per heavy atom. The van der Waals surface area contributed by atoms with Crippen molar-refractivity contribution in [2.24, 2.45) is 5.92 Å². The molecule has 1 N–H and O–H groups in total. The zero-order valence-electron chi connectivity index (χ0n) is 11.6. The zero-order chi connectivity index (χ0) is 13.9. The second kappa shape index (κ2) is 5.71. The quantitative estimate of drug-likeness (QED) is 0.845. The third-order valence-electron chi connectivity index (χ3n) is 3.80. The number of carbonyl (C=O) groups is 1. The monoisotopic (exact) mass is 277 g/mol. The van der Waals surface area contributed by atoms with Gasteiger partial charge >= 0.3 is 5.97 Å². The molecule has 3 rings (SSSR count). The normalized spacial score (nSPS) is 24.4. The number of hydrogen-bond donors (Lipinski definition) is 1. The van der Waals surface area contributed by atoms with Gasteiger partial charge in [-0.15, -0.1) is 0 Å². The van der Waals surface area contributed by atoms with E-state index < -0.39 is 0 Å². The zero-order valence-corrected chi connectivity index (χ0v) is 11.6. The molecule has 0 bridgehead atoms. The topological polar surface area (TPSA) is 56.8 Å². The standard InChI is InChI=1S/C15H19NO4/c1-2-18-15(17)12-9-16-8-11(12)10-3-4-13-14(7-10)20-6-5-19-13/h3-4,7,11-12,16H,2,5-6,8-9H2,1H3. The molecule has 0 aromatic heterocycles. The van der Waals surface area contributed by atoms with Crippen LogP contribution < -0.4 is 14.8 Å². The van der Waals surface area contributed by atoms with Crippen molar-refractivity contribution in [2.45, 2.75) is 12.8 Å².